The summed E-state index contributed by atoms with van der Waals surface area (Å²) in [5, 5.41) is 9.09. The zero-order valence-corrected chi connectivity index (χ0v) is 19.1. The van der Waals surface area contributed by atoms with Crippen molar-refractivity contribution in [3.05, 3.63) is 29.3 Å². The van der Waals surface area contributed by atoms with E-state index >= 15 is 0 Å². The summed E-state index contributed by atoms with van der Waals surface area (Å²) in [4.78, 5) is 15.9. The van der Waals surface area contributed by atoms with Gasteiger partial charge in [0.25, 0.3) is 0 Å². The molecule has 0 radical (unpaired) electrons. The molecule has 0 spiro atoms. The van der Waals surface area contributed by atoms with E-state index in [9.17, 15) is 13.2 Å². The van der Waals surface area contributed by atoms with Crippen LogP contribution in [0.25, 0.3) is 0 Å². The number of halogens is 1. The molecule has 1 aromatic rings. The highest BCUT2D eigenvalue weighted by atomic mass is 127. The van der Waals surface area contributed by atoms with Crippen LogP contribution in [0.3, 0.4) is 0 Å². The number of carbonyl (C=O) groups excluding carboxylic acids is 1. The highest BCUT2D eigenvalue weighted by Crippen LogP contribution is 2.16. The molecule has 0 aliphatic heterocycles. The fraction of sp³-hybridized carbons (Fsp3) is 0.529. The van der Waals surface area contributed by atoms with Crippen molar-refractivity contribution in [3.63, 3.8) is 0 Å². The number of amides is 1. The first-order valence-corrected chi connectivity index (χ1v) is 10.1. The van der Waals surface area contributed by atoms with E-state index in [1.54, 1.807) is 26.1 Å². The van der Waals surface area contributed by atoms with Gasteiger partial charge in [0.05, 0.1) is 4.90 Å². The second-order valence-electron chi connectivity index (χ2n) is 6.17. The molecule has 148 valence electrons. The number of nitrogens with zero attached hydrogens (tertiary/aromatic N) is 1. The van der Waals surface area contributed by atoms with E-state index in [1.807, 2.05) is 19.9 Å². The van der Waals surface area contributed by atoms with Crippen LogP contribution in [-0.4, -0.2) is 46.7 Å². The Morgan fingerprint density at radius 2 is 1.77 bits per heavy atom. The maximum Gasteiger partial charge on any atom is 0.222 e. The van der Waals surface area contributed by atoms with E-state index < -0.39 is 9.84 Å². The van der Waals surface area contributed by atoms with Crippen molar-refractivity contribution >= 4 is 45.7 Å². The number of nitrogens with one attached hydrogen (secondary N) is 3. The first-order chi connectivity index (χ1) is 11.6. The molecule has 0 aliphatic rings. The second-order valence-corrected chi connectivity index (χ2v) is 8.15. The van der Waals surface area contributed by atoms with E-state index in [1.165, 1.54) is 6.26 Å². The molecule has 1 amide bonds. The molecule has 1 aromatic carbocycles. The normalized spacial score (nSPS) is 11.7. The molecule has 0 atom stereocenters. The average Bonchev–Trinajstić information content (AvgIpc) is 2.52. The molecule has 0 aliphatic carbocycles. The Morgan fingerprint density at radius 1 is 1.15 bits per heavy atom. The number of rotatable bonds is 7. The first-order valence-electron chi connectivity index (χ1n) is 8.17. The Balaban J connectivity index is 0.00000625. The predicted molar refractivity (Wildman–Crippen MR) is 116 cm³/mol. The second kappa shape index (κ2) is 11.4. The summed E-state index contributed by atoms with van der Waals surface area (Å²) >= 11 is 0. The molecule has 0 saturated heterocycles. The van der Waals surface area contributed by atoms with Crippen LogP contribution in [0.5, 0.6) is 0 Å². The van der Waals surface area contributed by atoms with Gasteiger partial charge >= 0.3 is 0 Å². The van der Waals surface area contributed by atoms with Gasteiger partial charge in [0.1, 0.15) is 0 Å². The third kappa shape index (κ3) is 8.35. The van der Waals surface area contributed by atoms with Crippen molar-refractivity contribution in [2.24, 2.45) is 10.9 Å². The van der Waals surface area contributed by atoms with E-state index in [4.69, 9.17) is 0 Å². The smallest absolute Gasteiger partial charge is 0.222 e. The van der Waals surface area contributed by atoms with Crippen LogP contribution in [0.2, 0.25) is 0 Å². The maximum absolute atomic E-state index is 11.6. The van der Waals surface area contributed by atoms with Gasteiger partial charge in [-0.1, -0.05) is 26.0 Å². The van der Waals surface area contributed by atoms with Gasteiger partial charge in [-0.3, -0.25) is 9.79 Å². The summed E-state index contributed by atoms with van der Waals surface area (Å²) in [6, 6.07) is 5.26. The molecule has 0 fully saturated rings. The average molecular weight is 496 g/mol. The fourth-order valence-electron chi connectivity index (χ4n) is 2.21. The van der Waals surface area contributed by atoms with Gasteiger partial charge in [-0.2, -0.15) is 0 Å². The van der Waals surface area contributed by atoms with Crippen molar-refractivity contribution in [2.45, 2.75) is 32.2 Å². The molecule has 9 heteroatoms. The van der Waals surface area contributed by atoms with Crippen LogP contribution in [0, 0.1) is 12.8 Å². The van der Waals surface area contributed by atoms with Crippen LogP contribution in [-0.2, 0) is 21.2 Å². The van der Waals surface area contributed by atoms with E-state index in [2.05, 4.69) is 20.9 Å². The van der Waals surface area contributed by atoms with Gasteiger partial charge < -0.3 is 16.0 Å². The van der Waals surface area contributed by atoms with Gasteiger partial charge in [-0.05, 0) is 24.1 Å². The quantitative estimate of drug-likeness (QED) is 0.230. The highest BCUT2D eigenvalue weighted by Gasteiger charge is 2.11. The number of carbonyl (C=O) groups is 1. The number of benzene rings is 1. The van der Waals surface area contributed by atoms with Crippen molar-refractivity contribution in [1.82, 2.24) is 16.0 Å². The van der Waals surface area contributed by atoms with E-state index in [0.717, 1.165) is 11.1 Å². The molecule has 0 heterocycles. The standard InChI is InChI=1S/C17H28N4O3S.HI/c1-12(2)16(22)19-8-9-20-17(18-4)21-11-14-6-7-15(13(3)10-14)25(5,23)24;/h6-7,10,12H,8-9,11H2,1-5H3,(H,19,22)(H2,18,20,21);1H. The number of hydrogen-bond acceptors (Lipinski definition) is 4. The molecule has 7 nitrogen and oxygen atoms in total. The van der Waals surface area contributed by atoms with E-state index in [0.29, 0.717) is 30.5 Å². The van der Waals surface area contributed by atoms with Crippen LogP contribution >= 0.6 is 24.0 Å². The molecule has 3 N–H and O–H groups in total. The Labute approximate surface area is 173 Å². The van der Waals surface area contributed by atoms with Crippen molar-refractivity contribution in [1.29, 1.82) is 0 Å². The predicted octanol–water partition coefficient (Wildman–Crippen LogP) is 1.45. The summed E-state index contributed by atoms with van der Waals surface area (Å²) in [7, 11) is -1.54. The van der Waals surface area contributed by atoms with Gasteiger partial charge in [-0.15, -0.1) is 24.0 Å². The molecular weight excluding hydrogens is 467 g/mol. The number of hydrogen-bond donors (Lipinski definition) is 3. The lowest BCUT2D eigenvalue weighted by atomic mass is 10.1. The van der Waals surface area contributed by atoms with Gasteiger partial charge in [0, 0.05) is 38.9 Å². The largest absolute Gasteiger partial charge is 0.355 e. The Morgan fingerprint density at radius 3 is 2.27 bits per heavy atom. The third-order valence-corrected chi connectivity index (χ3v) is 4.82. The molecular formula is C17H29IN4O3S. The Kier molecular flexibility index (Phi) is 10.8. The lowest BCUT2D eigenvalue weighted by molar-refractivity contribution is -0.123. The third-order valence-electron chi connectivity index (χ3n) is 3.56. The summed E-state index contributed by atoms with van der Waals surface area (Å²) in [5.74, 6) is 0.602. The number of sulfone groups is 1. The summed E-state index contributed by atoms with van der Waals surface area (Å²) in [5.41, 5.74) is 1.68. The van der Waals surface area contributed by atoms with Crippen molar-refractivity contribution in [2.75, 3.05) is 26.4 Å². The number of guanidine groups is 1. The minimum atomic E-state index is -3.21. The zero-order valence-electron chi connectivity index (χ0n) is 15.9. The summed E-state index contributed by atoms with van der Waals surface area (Å²) in [6.45, 7) is 7.07. The van der Waals surface area contributed by atoms with Gasteiger partial charge in [0.15, 0.2) is 15.8 Å². The molecule has 0 saturated carbocycles. The number of aryl methyl sites for hydroxylation is 1. The SMILES string of the molecule is CN=C(NCCNC(=O)C(C)C)NCc1ccc(S(C)(=O)=O)c(C)c1.I. The van der Waals surface area contributed by atoms with Crippen LogP contribution in [0.15, 0.2) is 28.1 Å². The van der Waals surface area contributed by atoms with Gasteiger partial charge in [0.2, 0.25) is 5.91 Å². The highest BCUT2D eigenvalue weighted by molar-refractivity contribution is 14.0. The molecule has 26 heavy (non-hydrogen) atoms. The lowest BCUT2D eigenvalue weighted by Gasteiger charge is -2.14. The first kappa shape index (κ1) is 24.6. The van der Waals surface area contributed by atoms with Crippen LogP contribution in [0.4, 0.5) is 0 Å². The molecule has 0 unspecified atom stereocenters. The monoisotopic (exact) mass is 496 g/mol. The molecule has 0 bridgehead atoms. The maximum atomic E-state index is 11.6. The van der Waals surface area contributed by atoms with E-state index in [-0.39, 0.29) is 35.8 Å². The Hall–Kier alpha value is -1.36. The van der Waals surface area contributed by atoms with Gasteiger partial charge in [-0.25, -0.2) is 8.42 Å². The summed E-state index contributed by atoms with van der Waals surface area (Å²) in [6.07, 6.45) is 1.21. The fourth-order valence-corrected chi connectivity index (χ4v) is 3.17. The molecule has 0 aromatic heterocycles. The Bertz CT molecular complexity index is 734. The van der Waals surface area contributed by atoms with Crippen LogP contribution < -0.4 is 16.0 Å². The number of aliphatic imine (C=N–C) groups is 1. The topological polar surface area (TPSA) is 99.7 Å². The van der Waals surface area contributed by atoms with Crippen molar-refractivity contribution < 1.29 is 13.2 Å². The van der Waals surface area contributed by atoms with Crippen LogP contribution in [0.1, 0.15) is 25.0 Å². The lowest BCUT2D eigenvalue weighted by Crippen LogP contribution is -2.41. The van der Waals surface area contributed by atoms with Crippen molar-refractivity contribution in [3.8, 4) is 0 Å². The summed E-state index contributed by atoms with van der Waals surface area (Å²) < 4.78 is 23.3. The molecule has 1 rings (SSSR count). The minimum Gasteiger partial charge on any atom is -0.355 e. The zero-order chi connectivity index (χ0) is 19.0. The minimum absolute atomic E-state index is 0.